The average Bonchev–Trinajstić information content (AvgIpc) is 3.35. The van der Waals surface area contributed by atoms with Crippen LogP contribution in [0, 0.1) is 5.92 Å². The van der Waals surface area contributed by atoms with Gasteiger partial charge in [0.2, 0.25) is 11.8 Å². The first-order valence-electron chi connectivity index (χ1n) is 11.3. The Morgan fingerprint density at radius 1 is 1.15 bits per heavy atom. The number of hydrogen-bond acceptors (Lipinski definition) is 7. The summed E-state index contributed by atoms with van der Waals surface area (Å²) in [6.07, 6.45) is 3.85. The Hall–Kier alpha value is -3.30. The standard InChI is InChI=1S/C24H29N5O4/c1-2-33-24(32)16-8-10-18(11-9-16)26-22(30)17-6-5-13-29(15-17)23(31)21-14-20(27-28-21)19-7-3-4-12-25-19/h3-4,7-12,17,20-21,27-28H,2,5-6,13-15H2,1H3,(H,26,30). The maximum Gasteiger partial charge on any atom is 0.338 e. The Morgan fingerprint density at radius 2 is 1.97 bits per heavy atom. The summed E-state index contributed by atoms with van der Waals surface area (Å²) in [5.41, 5.74) is 8.19. The minimum atomic E-state index is -0.392. The summed E-state index contributed by atoms with van der Waals surface area (Å²) in [7, 11) is 0. The number of ether oxygens (including phenoxy) is 1. The van der Waals surface area contributed by atoms with Gasteiger partial charge >= 0.3 is 5.97 Å². The number of aromatic nitrogens is 1. The first kappa shape index (κ1) is 22.9. The molecule has 2 fully saturated rings. The lowest BCUT2D eigenvalue weighted by Crippen LogP contribution is -2.50. The lowest BCUT2D eigenvalue weighted by molar-refractivity contribution is -0.136. The zero-order valence-corrected chi connectivity index (χ0v) is 18.6. The van der Waals surface area contributed by atoms with Crippen LogP contribution in [0.4, 0.5) is 5.69 Å². The SMILES string of the molecule is CCOC(=O)c1ccc(NC(=O)C2CCCN(C(=O)C3CC(c4ccccn4)NN3)C2)cc1. The van der Waals surface area contributed by atoms with Crippen molar-refractivity contribution in [1.82, 2.24) is 20.7 Å². The summed E-state index contributed by atoms with van der Waals surface area (Å²) >= 11 is 0. The molecule has 1 aromatic heterocycles. The molecule has 33 heavy (non-hydrogen) atoms. The molecule has 2 aliphatic heterocycles. The van der Waals surface area contributed by atoms with Gasteiger partial charge in [0, 0.05) is 25.0 Å². The molecule has 2 saturated heterocycles. The molecule has 9 heteroatoms. The molecule has 3 heterocycles. The smallest absolute Gasteiger partial charge is 0.338 e. The highest BCUT2D eigenvalue weighted by Crippen LogP contribution is 2.24. The van der Waals surface area contributed by atoms with E-state index in [1.54, 1.807) is 42.3 Å². The molecule has 3 unspecified atom stereocenters. The van der Waals surface area contributed by atoms with Crippen LogP contribution >= 0.6 is 0 Å². The van der Waals surface area contributed by atoms with E-state index >= 15 is 0 Å². The summed E-state index contributed by atoms with van der Waals surface area (Å²) in [6.45, 7) is 3.09. The molecule has 4 rings (SSSR count). The number of piperidine rings is 1. The molecule has 3 atom stereocenters. The Balaban J connectivity index is 1.31. The number of benzene rings is 1. The van der Waals surface area contributed by atoms with Crippen molar-refractivity contribution in [3.8, 4) is 0 Å². The Labute approximate surface area is 192 Å². The number of nitrogens with one attached hydrogen (secondary N) is 3. The zero-order chi connectivity index (χ0) is 23.2. The van der Waals surface area contributed by atoms with Crippen molar-refractivity contribution in [2.45, 2.75) is 38.3 Å². The van der Waals surface area contributed by atoms with E-state index in [1.165, 1.54) is 0 Å². The van der Waals surface area contributed by atoms with Gasteiger partial charge in [-0.05, 0) is 62.6 Å². The molecule has 0 radical (unpaired) electrons. The second-order valence-electron chi connectivity index (χ2n) is 8.29. The zero-order valence-electron chi connectivity index (χ0n) is 18.6. The van der Waals surface area contributed by atoms with Gasteiger partial charge in [0.25, 0.3) is 0 Å². The molecule has 2 aliphatic rings. The van der Waals surface area contributed by atoms with Crippen LogP contribution in [0.5, 0.6) is 0 Å². The highest BCUT2D eigenvalue weighted by molar-refractivity contribution is 5.94. The van der Waals surface area contributed by atoms with Crippen LogP contribution in [0.15, 0.2) is 48.7 Å². The molecule has 0 aliphatic carbocycles. The van der Waals surface area contributed by atoms with Crippen LogP contribution in [-0.2, 0) is 14.3 Å². The number of carbonyl (C=O) groups is 3. The molecule has 0 bridgehead atoms. The predicted octanol–water partition coefficient (Wildman–Crippen LogP) is 2.04. The quantitative estimate of drug-likeness (QED) is 0.576. The lowest BCUT2D eigenvalue weighted by atomic mass is 9.95. The molecule has 0 saturated carbocycles. The molecule has 2 aromatic rings. The fourth-order valence-electron chi connectivity index (χ4n) is 4.25. The van der Waals surface area contributed by atoms with E-state index in [0.29, 0.717) is 37.4 Å². The number of rotatable bonds is 6. The minimum absolute atomic E-state index is 0.00257. The summed E-state index contributed by atoms with van der Waals surface area (Å²) in [5.74, 6) is -0.803. The van der Waals surface area contributed by atoms with E-state index in [4.69, 9.17) is 4.74 Å². The maximum absolute atomic E-state index is 13.1. The van der Waals surface area contributed by atoms with Crippen molar-refractivity contribution in [1.29, 1.82) is 0 Å². The number of esters is 1. The number of carbonyl (C=O) groups excluding carboxylic acids is 3. The fraction of sp³-hybridized carbons (Fsp3) is 0.417. The van der Waals surface area contributed by atoms with Gasteiger partial charge in [0.1, 0.15) is 6.04 Å². The maximum atomic E-state index is 13.1. The molecular formula is C24H29N5O4. The van der Waals surface area contributed by atoms with Crippen LogP contribution in [-0.4, -0.2) is 53.4 Å². The summed E-state index contributed by atoms with van der Waals surface area (Å²) in [6, 6.07) is 12.0. The molecule has 174 valence electrons. The topological polar surface area (TPSA) is 113 Å². The van der Waals surface area contributed by atoms with Gasteiger partial charge in [-0.2, -0.15) is 0 Å². The second kappa shape index (κ2) is 10.5. The van der Waals surface area contributed by atoms with Gasteiger partial charge in [0.15, 0.2) is 0 Å². The summed E-state index contributed by atoms with van der Waals surface area (Å²) in [5, 5.41) is 2.90. The number of likely N-dealkylation sites (tertiary alicyclic amines) is 1. The Kier molecular flexibility index (Phi) is 7.31. The minimum Gasteiger partial charge on any atom is -0.462 e. The number of amides is 2. The molecular weight excluding hydrogens is 422 g/mol. The monoisotopic (exact) mass is 451 g/mol. The van der Waals surface area contributed by atoms with E-state index in [2.05, 4.69) is 21.2 Å². The molecule has 1 aromatic carbocycles. The van der Waals surface area contributed by atoms with Crippen molar-refractivity contribution >= 4 is 23.5 Å². The van der Waals surface area contributed by atoms with Gasteiger partial charge in [0.05, 0.1) is 29.8 Å². The van der Waals surface area contributed by atoms with Crippen LogP contribution in [0.25, 0.3) is 0 Å². The molecule has 3 N–H and O–H groups in total. The third kappa shape index (κ3) is 5.55. The summed E-state index contributed by atoms with van der Waals surface area (Å²) < 4.78 is 4.98. The van der Waals surface area contributed by atoms with Crippen molar-refractivity contribution in [3.05, 3.63) is 59.9 Å². The lowest BCUT2D eigenvalue weighted by Gasteiger charge is -2.33. The van der Waals surface area contributed by atoms with Gasteiger partial charge in [-0.25, -0.2) is 15.6 Å². The normalized spacial score (nSPS) is 22.6. The average molecular weight is 452 g/mol. The van der Waals surface area contributed by atoms with E-state index < -0.39 is 5.97 Å². The highest BCUT2D eigenvalue weighted by Gasteiger charge is 2.36. The fourth-order valence-corrected chi connectivity index (χ4v) is 4.25. The summed E-state index contributed by atoms with van der Waals surface area (Å²) in [4.78, 5) is 43.8. The number of hydrogen-bond donors (Lipinski definition) is 3. The molecule has 2 amide bonds. The van der Waals surface area contributed by atoms with Gasteiger partial charge in [-0.3, -0.25) is 14.6 Å². The third-order valence-electron chi connectivity index (χ3n) is 6.01. The first-order valence-corrected chi connectivity index (χ1v) is 11.3. The van der Waals surface area contributed by atoms with Crippen molar-refractivity contribution in [3.63, 3.8) is 0 Å². The molecule has 0 spiro atoms. The van der Waals surface area contributed by atoms with Crippen LogP contribution in [0.3, 0.4) is 0 Å². The van der Waals surface area contributed by atoms with Crippen LogP contribution < -0.4 is 16.2 Å². The largest absolute Gasteiger partial charge is 0.462 e. The van der Waals surface area contributed by atoms with Gasteiger partial charge in [-0.15, -0.1) is 0 Å². The van der Waals surface area contributed by atoms with Crippen molar-refractivity contribution in [2.75, 3.05) is 25.0 Å². The number of nitrogens with zero attached hydrogens (tertiary/aromatic N) is 2. The predicted molar refractivity (Wildman–Crippen MR) is 122 cm³/mol. The highest BCUT2D eigenvalue weighted by atomic mass is 16.5. The number of anilines is 1. The van der Waals surface area contributed by atoms with Crippen LogP contribution in [0.1, 0.15) is 48.3 Å². The van der Waals surface area contributed by atoms with E-state index in [0.717, 1.165) is 18.5 Å². The number of hydrazine groups is 1. The second-order valence-corrected chi connectivity index (χ2v) is 8.29. The Bertz CT molecular complexity index is 982. The van der Waals surface area contributed by atoms with Crippen LogP contribution in [0.2, 0.25) is 0 Å². The number of pyridine rings is 1. The van der Waals surface area contributed by atoms with Gasteiger partial charge < -0.3 is 15.0 Å². The third-order valence-corrected chi connectivity index (χ3v) is 6.01. The van der Waals surface area contributed by atoms with E-state index in [-0.39, 0.29) is 29.8 Å². The van der Waals surface area contributed by atoms with Crippen molar-refractivity contribution < 1.29 is 19.1 Å². The molecule has 9 nitrogen and oxygen atoms in total. The van der Waals surface area contributed by atoms with Crippen molar-refractivity contribution in [2.24, 2.45) is 5.92 Å². The van der Waals surface area contributed by atoms with Gasteiger partial charge in [-0.1, -0.05) is 6.07 Å². The first-order chi connectivity index (χ1) is 16.0. The Morgan fingerprint density at radius 3 is 2.70 bits per heavy atom. The van der Waals surface area contributed by atoms with E-state index in [1.807, 2.05) is 18.2 Å². The van der Waals surface area contributed by atoms with E-state index in [9.17, 15) is 14.4 Å².